The number of pyridine rings is 1. The van der Waals surface area contributed by atoms with Gasteiger partial charge in [0.25, 0.3) is 5.69 Å². The van der Waals surface area contributed by atoms with Gasteiger partial charge in [0.15, 0.2) is 0 Å². The first-order chi connectivity index (χ1) is 12.6. The highest BCUT2D eigenvalue weighted by Crippen LogP contribution is 2.34. The van der Waals surface area contributed by atoms with Crippen LogP contribution in [0.15, 0.2) is 48.5 Å². The summed E-state index contributed by atoms with van der Waals surface area (Å²) in [5, 5.41) is 13.1. The molecule has 126 valence electrons. The van der Waals surface area contributed by atoms with Crippen LogP contribution in [0.3, 0.4) is 0 Å². The molecule has 26 heavy (non-hydrogen) atoms. The van der Waals surface area contributed by atoms with Crippen molar-refractivity contribution < 1.29 is 4.92 Å². The normalized spacial score (nSPS) is 11.6. The molecule has 0 saturated carbocycles. The third kappa shape index (κ3) is 2.33. The molecule has 3 aromatic heterocycles. The third-order valence-corrected chi connectivity index (χ3v) is 5.42. The average molecular weight is 360 g/mol. The zero-order chi connectivity index (χ0) is 17.8. The first-order valence-corrected chi connectivity index (χ1v) is 8.84. The summed E-state index contributed by atoms with van der Waals surface area (Å²) in [5.74, 6) is 0.698. The van der Waals surface area contributed by atoms with Crippen molar-refractivity contribution >= 4 is 49.2 Å². The number of nitro benzene ring substituents is 1. The predicted octanol–water partition coefficient (Wildman–Crippen LogP) is 5.21. The molecule has 1 N–H and O–H groups in total. The summed E-state index contributed by atoms with van der Waals surface area (Å²) in [6.45, 7) is 2.07. The highest BCUT2D eigenvalue weighted by molar-refractivity contribution is 7.21. The molecular weight excluding hydrogens is 348 g/mol. The number of nitrogens with zero attached hydrogens (tertiary/aromatic N) is 3. The number of aromatic nitrogens is 3. The quantitative estimate of drug-likeness (QED) is 0.346. The molecule has 2 aromatic carbocycles. The lowest BCUT2D eigenvalue weighted by Gasteiger charge is -1.98. The van der Waals surface area contributed by atoms with Gasteiger partial charge in [0.05, 0.1) is 26.4 Å². The van der Waals surface area contributed by atoms with Crippen molar-refractivity contribution in [2.45, 2.75) is 6.92 Å². The van der Waals surface area contributed by atoms with E-state index in [0.29, 0.717) is 16.9 Å². The van der Waals surface area contributed by atoms with Crippen molar-refractivity contribution in [3.63, 3.8) is 0 Å². The summed E-state index contributed by atoms with van der Waals surface area (Å²) in [7, 11) is 0. The van der Waals surface area contributed by atoms with E-state index < -0.39 is 4.92 Å². The SMILES string of the molecule is Cc1ccc2nc3sc(-c4nc5ccc([N+](=O)[O-])cc5[nH]4)cc3cc2c1. The van der Waals surface area contributed by atoms with Crippen LogP contribution in [-0.2, 0) is 0 Å². The van der Waals surface area contributed by atoms with Gasteiger partial charge >= 0.3 is 0 Å². The molecule has 0 atom stereocenters. The van der Waals surface area contributed by atoms with E-state index in [1.165, 1.54) is 17.7 Å². The van der Waals surface area contributed by atoms with Gasteiger partial charge in [-0.2, -0.15) is 0 Å². The lowest BCUT2D eigenvalue weighted by atomic mass is 10.1. The number of H-pyrrole nitrogens is 1. The number of benzene rings is 2. The summed E-state index contributed by atoms with van der Waals surface area (Å²) in [6.07, 6.45) is 0. The topological polar surface area (TPSA) is 84.7 Å². The molecule has 5 rings (SSSR count). The Morgan fingerprint density at radius 3 is 2.69 bits per heavy atom. The van der Waals surface area contributed by atoms with E-state index in [0.717, 1.165) is 26.0 Å². The van der Waals surface area contributed by atoms with Gasteiger partial charge in [-0.05, 0) is 37.3 Å². The Labute approximate surface area is 151 Å². The number of non-ortho nitro benzene ring substituents is 1. The molecule has 0 unspecified atom stereocenters. The van der Waals surface area contributed by atoms with Crippen molar-refractivity contribution in [1.82, 2.24) is 15.0 Å². The van der Waals surface area contributed by atoms with Crippen LogP contribution in [0.25, 0.3) is 42.9 Å². The third-order valence-electron chi connectivity index (χ3n) is 4.37. The molecular formula is C19H12N4O2S. The molecule has 0 bridgehead atoms. The summed E-state index contributed by atoms with van der Waals surface area (Å²) >= 11 is 1.56. The number of aryl methyl sites for hydroxylation is 1. The Balaban J connectivity index is 1.67. The molecule has 0 amide bonds. The molecule has 0 spiro atoms. The number of nitro groups is 1. The fourth-order valence-corrected chi connectivity index (χ4v) is 4.07. The van der Waals surface area contributed by atoms with E-state index in [1.54, 1.807) is 17.4 Å². The van der Waals surface area contributed by atoms with Crippen LogP contribution in [-0.4, -0.2) is 19.9 Å². The van der Waals surface area contributed by atoms with Gasteiger partial charge in [0, 0.05) is 22.9 Å². The molecule has 0 aliphatic rings. The molecule has 6 nitrogen and oxygen atoms in total. The maximum atomic E-state index is 10.9. The second-order valence-electron chi connectivity index (χ2n) is 6.23. The van der Waals surface area contributed by atoms with Gasteiger partial charge in [-0.1, -0.05) is 11.6 Å². The number of nitrogens with one attached hydrogen (secondary N) is 1. The highest BCUT2D eigenvalue weighted by Gasteiger charge is 2.13. The van der Waals surface area contributed by atoms with Crippen molar-refractivity contribution in [2.75, 3.05) is 0 Å². The van der Waals surface area contributed by atoms with Gasteiger partial charge < -0.3 is 4.98 Å². The largest absolute Gasteiger partial charge is 0.337 e. The Morgan fingerprint density at radius 2 is 1.85 bits per heavy atom. The van der Waals surface area contributed by atoms with Crippen LogP contribution in [0.2, 0.25) is 0 Å². The lowest BCUT2D eigenvalue weighted by Crippen LogP contribution is -1.86. The maximum absolute atomic E-state index is 10.9. The highest BCUT2D eigenvalue weighted by atomic mass is 32.1. The predicted molar refractivity (Wildman–Crippen MR) is 104 cm³/mol. The van der Waals surface area contributed by atoms with Crippen LogP contribution in [0.4, 0.5) is 5.69 Å². The number of rotatable bonds is 2. The molecule has 0 saturated heterocycles. The molecule has 5 aromatic rings. The minimum absolute atomic E-state index is 0.0485. The Bertz CT molecular complexity index is 1340. The smallest absolute Gasteiger partial charge is 0.271 e. The second kappa shape index (κ2) is 5.34. The Hall–Kier alpha value is -3.32. The van der Waals surface area contributed by atoms with E-state index in [9.17, 15) is 10.1 Å². The maximum Gasteiger partial charge on any atom is 0.271 e. The molecule has 0 fully saturated rings. The van der Waals surface area contributed by atoms with Crippen molar-refractivity contribution in [2.24, 2.45) is 0 Å². The Morgan fingerprint density at radius 1 is 1.00 bits per heavy atom. The van der Waals surface area contributed by atoms with Crippen molar-refractivity contribution in [3.05, 3.63) is 64.2 Å². The number of hydrogen-bond acceptors (Lipinski definition) is 5. The summed E-state index contributed by atoms with van der Waals surface area (Å²) in [4.78, 5) is 24.9. The minimum Gasteiger partial charge on any atom is -0.337 e. The zero-order valence-corrected chi connectivity index (χ0v) is 14.5. The fraction of sp³-hybridized carbons (Fsp3) is 0.0526. The van der Waals surface area contributed by atoms with Crippen LogP contribution >= 0.6 is 11.3 Å². The van der Waals surface area contributed by atoms with Crippen LogP contribution in [0.5, 0.6) is 0 Å². The summed E-state index contributed by atoms with van der Waals surface area (Å²) in [6, 6.07) is 15.0. The van der Waals surface area contributed by atoms with E-state index in [1.807, 2.05) is 6.07 Å². The van der Waals surface area contributed by atoms with Gasteiger partial charge in [-0.25, -0.2) is 9.97 Å². The molecule has 7 heteroatoms. The first kappa shape index (κ1) is 15.0. The van der Waals surface area contributed by atoms with E-state index >= 15 is 0 Å². The van der Waals surface area contributed by atoms with Gasteiger partial charge in [0.2, 0.25) is 0 Å². The summed E-state index contributed by atoms with van der Waals surface area (Å²) in [5.41, 5.74) is 3.58. The standard InChI is InChI=1S/C19H12N4O2S/c1-10-2-4-14-11(6-10)7-12-8-17(26-19(12)22-14)18-20-15-5-3-13(23(24)25)9-16(15)21-18/h2-9H,1H3,(H,20,21). The molecule has 0 aliphatic heterocycles. The number of hydrogen-bond donors (Lipinski definition) is 1. The Kier molecular flexibility index (Phi) is 3.07. The zero-order valence-electron chi connectivity index (χ0n) is 13.7. The van der Waals surface area contributed by atoms with Crippen molar-refractivity contribution in [3.8, 4) is 10.7 Å². The fourth-order valence-electron chi connectivity index (χ4n) is 3.10. The second-order valence-corrected chi connectivity index (χ2v) is 7.26. The summed E-state index contributed by atoms with van der Waals surface area (Å²) < 4.78 is 0. The number of fused-ring (bicyclic) bond motifs is 3. The van der Waals surface area contributed by atoms with Gasteiger partial charge in [0.1, 0.15) is 10.7 Å². The average Bonchev–Trinajstić information content (AvgIpc) is 3.22. The van der Waals surface area contributed by atoms with E-state index in [-0.39, 0.29) is 5.69 Å². The van der Waals surface area contributed by atoms with E-state index in [4.69, 9.17) is 4.98 Å². The number of thiophene rings is 1. The monoisotopic (exact) mass is 360 g/mol. The van der Waals surface area contributed by atoms with Crippen LogP contribution in [0.1, 0.15) is 5.56 Å². The van der Waals surface area contributed by atoms with Crippen LogP contribution < -0.4 is 0 Å². The molecule has 0 radical (unpaired) electrons. The first-order valence-electron chi connectivity index (χ1n) is 8.02. The van der Waals surface area contributed by atoms with Gasteiger partial charge in [-0.3, -0.25) is 10.1 Å². The number of aromatic amines is 1. The number of imidazole rings is 1. The van der Waals surface area contributed by atoms with Crippen molar-refractivity contribution in [1.29, 1.82) is 0 Å². The van der Waals surface area contributed by atoms with E-state index in [2.05, 4.69) is 41.2 Å². The molecule has 3 heterocycles. The minimum atomic E-state index is -0.406. The van der Waals surface area contributed by atoms with Gasteiger partial charge in [-0.15, -0.1) is 11.3 Å². The van der Waals surface area contributed by atoms with Crippen LogP contribution in [0, 0.1) is 17.0 Å². The lowest BCUT2D eigenvalue weighted by molar-refractivity contribution is -0.384. The molecule has 0 aliphatic carbocycles.